The lowest BCUT2D eigenvalue weighted by atomic mass is 10.1. The van der Waals surface area contributed by atoms with Crippen molar-refractivity contribution in [3.63, 3.8) is 0 Å². The monoisotopic (exact) mass is 373 g/mol. The topological polar surface area (TPSA) is 71.6 Å². The van der Waals surface area contributed by atoms with E-state index in [1.54, 1.807) is 18.5 Å². The van der Waals surface area contributed by atoms with Crippen LogP contribution in [-0.2, 0) is 0 Å². The van der Waals surface area contributed by atoms with Crippen LogP contribution >= 0.6 is 0 Å². The predicted molar refractivity (Wildman–Crippen MR) is 113 cm³/mol. The number of aliphatic imine (C=N–C) groups is 1. The van der Waals surface area contributed by atoms with E-state index in [0.717, 1.165) is 40.0 Å². The molecule has 0 unspecified atom stereocenters. The van der Waals surface area contributed by atoms with Crippen molar-refractivity contribution in [1.82, 2.24) is 19.6 Å². The van der Waals surface area contributed by atoms with Crippen LogP contribution in [0.15, 0.2) is 52.8 Å². The second kappa shape index (κ2) is 6.99. The van der Waals surface area contributed by atoms with Crippen LogP contribution in [0.25, 0.3) is 11.5 Å². The summed E-state index contributed by atoms with van der Waals surface area (Å²) in [7, 11) is 4.04. The van der Waals surface area contributed by atoms with Crippen molar-refractivity contribution in [1.29, 1.82) is 0 Å². The SMILES string of the molecule is CC1=Nn2c(nc(-c3ncccn3)c2C(C)C)C1=Nc1ccc(N(C)C)cc1. The van der Waals surface area contributed by atoms with Gasteiger partial charge in [0.2, 0.25) is 0 Å². The largest absolute Gasteiger partial charge is 0.378 e. The van der Waals surface area contributed by atoms with Gasteiger partial charge in [-0.25, -0.2) is 24.6 Å². The number of aromatic nitrogens is 4. The highest BCUT2D eigenvalue weighted by Crippen LogP contribution is 2.31. The normalized spacial score (nSPS) is 14.5. The molecule has 4 rings (SSSR count). The lowest BCUT2D eigenvalue weighted by molar-refractivity contribution is 0.730. The van der Waals surface area contributed by atoms with Gasteiger partial charge >= 0.3 is 0 Å². The second-order valence-electron chi connectivity index (χ2n) is 7.26. The summed E-state index contributed by atoms with van der Waals surface area (Å²) in [5.74, 6) is 1.56. The maximum Gasteiger partial charge on any atom is 0.182 e. The first kappa shape index (κ1) is 18.0. The molecule has 0 atom stereocenters. The fourth-order valence-corrected chi connectivity index (χ4v) is 3.23. The fourth-order valence-electron chi connectivity index (χ4n) is 3.23. The highest BCUT2D eigenvalue weighted by Gasteiger charge is 2.30. The van der Waals surface area contributed by atoms with Crippen molar-refractivity contribution in [3.8, 4) is 11.5 Å². The third-order valence-electron chi connectivity index (χ3n) is 4.63. The standard InChI is InChI=1S/C21H23N7/c1-13(2)19-18(20-22-11-6-12-23-20)25-21-17(14(3)26-28(19)21)24-15-7-9-16(10-8-15)27(4)5/h6-13H,1-5H3. The van der Waals surface area contributed by atoms with Crippen molar-refractivity contribution in [2.24, 2.45) is 10.1 Å². The fraction of sp³-hybridized carbons (Fsp3) is 0.286. The van der Waals surface area contributed by atoms with Crippen LogP contribution in [0.4, 0.5) is 11.4 Å². The Hall–Kier alpha value is -3.35. The summed E-state index contributed by atoms with van der Waals surface area (Å²) in [4.78, 5) is 20.5. The molecule has 3 heterocycles. The Morgan fingerprint density at radius 2 is 1.71 bits per heavy atom. The third kappa shape index (κ3) is 3.09. The molecule has 0 radical (unpaired) electrons. The van der Waals surface area contributed by atoms with E-state index in [0.29, 0.717) is 5.82 Å². The molecule has 0 amide bonds. The van der Waals surface area contributed by atoms with Crippen molar-refractivity contribution in [3.05, 3.63) is 54.2 Å². The van der Waals surface area contributed by atoms with Crippen molar-refractivity contribution >= 4 is 22.8 Å². The van der Waals surface area contributed by atoms with Crippen LogP contribution < -0.4 is 4.90 Å². The van der Waals surface area contributed by atoms with Crippen LogP contribution in [0.1, 0.15) is 38.2 Å². The minimum Gasteiger partial charge on any atom is -0.378 e. The number of hydrogen-bond acceptors (Lipinski definition) is 6. The van der Waals surface area contributed by atoms with Crippen LogP contribution in [-0.4, -0.2) is 45.1 Å². The molecule has 0 fully saturated rings. The molecule has 2 aromatic heterocycles. The van der Waals surface area contributed by atoms with Gasteiger partial charge < -0.3 is 4.90 Å². The first-order valence-corrected chi connectivity index (χ1v) is 9.28. The van der Waals surface area contributed by atoms with E-state index in [9.17, 15) is 0 Å². The first-order chi connectivity index (χ1) is 13.5. The summed E-state index contributed by atoms with van der Waals surface area (Å²) in [6.45, 7) is 6.21. The van der Waals surface area contributed by atoms with Gasteiger partial charge in [0, 0.05) is 32.2 Å². The van der Waals surface area contributed by atoms with E-state index in [4.69, 9.17) is 15.1 Å². The summed E-state index contributed by atoms with van der Waals surface area (Å²) >= 11 is 0. The van der Waals surface area contributed by atoms with Gasteiger partial charge in [-0.1, -0.05) is 13.8 Å². The van der Waals surface area contributed by atoms with Gasteiger partial charge in [-0.2, -0.15) is 5.10 Å². The molecule has 1 aromatic carbocycles. The van der Waals surface area contributed by atoms with Gasteiger partial charge in [0.05, 0.1) is 17.1 Å². The van der Waals surface area contributed by atoms with Crippen LogP contribution in [0.2, 0.25) is 0 Å². The molecule has 3 aromatic rings. The number of nitrogens with zero attached hydrogens (tertiary/aromatic N) is 7. The molecular formula is C21H23N7. The molecule has 0 spiro atoms. The zero-order chi connectivity index (χ0) is 19.8. The van der Waals surface area contributed by atoms with Crippen LogP contribution in [0.5, 0.6) is 0 Å². The summed E-state index contributed by atoms with van der Waals surface area (Å²) in [6.07, 6.45) is 3.46. The number of hydrogen-bond donors (Lipinski definition) is 0. The number of rotatable bonds is 4. The first-order valence-electron chi connectivity index (χ1n) is 9.28. The quantitative estimate of drug-likeness (QED) is 0.696. The summed E-state index contributed by atoms with van der Waals surface area (Å²) in [5, 5.41) is 4.72. The molecule has 0 saturated carbocycles. The third-order valence-corrected chi connectivity index (χ3v) is 4.63. The molecular weight excluding hydrogens is 350 g/mol. The van der Waals surface area contributed by atoms with Gasteiger partial charge in [-0.15, -0.1) is 0 Å². The zero-order valence-corrected chi connectivity index (χ0v) is 16.7. The minimum absolute atomic E-state index is 0.218. The predicted octanol–water partition coefficient (Wildman–Crippen LogP) is 3.89. The summed E-state index contributed by atoms with van der Waals surface area (Å²) in [5.41, 5.74) is 5.39. The highest BCUT2D eigenvalue weighted by molar-refractivity contribution is 6.48. The number of imidazole rings is 1. The molecule has 0 saturated heterocycles. The van der Waals surface area contributed by atoms with Crippen LogP contribution in [0, 0.1) is 0 Å². The van der Waals surface area contributed by atoms with Gasteiger partial charge in [0.1, 0.15) is 11.4 Å². The molecule has 0 aliphatic carbocycles. The summed E-state index contributed by atoms with van der Waals surface area (Å²) in [6, 6.07) is 9.92. The van der Waals surface area contributed by atoms with E-state index in [-0.39, 0.29) is 5.92 Å². The smallest absolute Gasteiger partial charge is 0.182 e. The van der Waals surface area contributed by atoms with E-state index < -0.39 is 0 Å². The zero-order valence-electron chi connectivity index (χ0n) is 16.7. The molecule has 28 heavy (non-hydrogen) atoms. The van der Waals surface area contributed by atoms with Crippen LogP contribution in [0.3, 0.4) is 0 Å². The Labute approximate surface area is 164 Å². The number of fused-ring (bicyclic) bond motifs is 1. The number of anilines is 1. The molecule has 142 valence electrons. The van der Waals surface area contributed by atoms with Crippen molar-refractivity contribution in [2.45, 2.75) is 26.7 Å². The lowest BCUT2D eigenvalue weighted by Crippen LogP contribution is -2.09. The molecule has 1 aliphatic rings. The van der Waals surface area contributed by atoms with Crippen molar-refractivity contribution in [2.75, 3.05) is 19.0 Å². The second-order valence-corrected chi connectivity index (χ2v) is 7.26. The Balaban J connectivity index is 1.82. The van der Waals surface area contributed by atoms with Gasteiger partial charge in [0.25, 0.3) is 0 Å². The van der Waals surface area contributed by atoms with E-state index in [1.165, 1.54) is 0 Å². The van der Waals surface area contributed by atoms with E-state index in [2.05, 4.69) is 40.8 Å². The van der Waals surface area contributed by atoms with Crippen molar-refractivity contribution < 1.29 is 0 Å². The Bertz CT molecular complexity index is 1060. The van der Waals surface area contributed by atoms with Gasteiger partial charge in [-0.05, 0) is 43.2 Å². The average molecular weight is 373 g/mol. The van der Waals surface area contributed by atoms with Gasteiger partial charge in [-0.3, -0.25) is 0 Å². The lowest BCUT2D eigenvalue weighted by Gasteiger charge is -2.11. The molecule has 0 N–H and O–H groups in total. The molecule has 7 heteroatoms. The Morgan fingerprint density at radius 3 is 2.32 bits per heavy atom. The maximum absolute atomic E-state index is 4.84. The van der Waals surface area contributed by atoms with E-state index >= 15 is 0 Å². The Kier molecular flexibility index (Phi) is 4.50. The summed E-state index contributed by atoms with van der Waals surface area (Å²) < 4.78 is 1.89. The van der Waals surface area contributed by atoms with Gasteiger partial charge in [0.15, 0.2) is 11.6 Å². The number of benzene rings is 1. The average Bonchev–Trinajstić information content (AvgIpc) is 3.19. The highest BCUT2D eigenvalue weighted by atomic mass is 15.4. The van der Waals surface area contributed by atoms with E-state index in [1.807, 2.05) is 37.8 Å². The molecule has 7 nitrogen and oxygen atoms in total. The minimum atomic E-state index is 0.218. The molecule has 0 bridgehead atoms. The molecule has 1 aliphatic heterocycles. The Morgan fingerprint density at radius 1 is 1.04 bits per heavy atom. The maximum atomic E-state index is 4.84.